The smallest absolute Gasteiger partial charge is 0.306 e. The Morgan fingerprint density at radius 2 is 1.14 bits per heavy atom. The SMILES string of the molecule is C=C(C)CC(CC)CN(CC1COC(=C)O1)c1ccc(Oc2cc(Oc3ccc(N(CC(C)COC(=O)CCC)CC4CCC(=C)O4)cc3)cc(Oc3ccc(N(CC4COC(=O)C4)CC4CCC(=C)O4)cc3)c2)cc1.CS. The van der Waals surface area contributed by atoms with Crippen molar-refractivity contribution in [2.75, 3.05) is 80.0 Å². The van der Waals surface area contributed by atoms with E-state index in [1.165, 1.54) is 0 Å². The predicted octanol–water partition coefficient (Wildman–Crippen LogP) is 13.8. The molecule has 4 saturated heterocycles. The number of hydrogen-bond acceptors (Lipinski definition) is 15. The molecule has 6 unspecified atom stereocenters. The Hall–Kier alpha value is -6.87. The van der Waals surface area contributed by atoms with E-state index in [1.807, 2.05) is 85.8 Å². The molecule has 8 rings (SSSR count). The number of rotatable bonds is 28. The van der Waals surface area contributed by atoms with Crippen LogP contribution < -0.4 is 28.9 Å². The number of carbonyl (C=O) groups is 2. The molecule has 0 N–H and O–H groups in total. The Morgan fingerprint density at radius 3 is 1.56 bits per heavy atom. The molecule has 4 aromatic rings. The highest BCUT2D eigenvalue weighted by Crippen LogP contribution is 2.38. The third kappa shape index (κ3) is 18.1. The zero-order chi connectivity index (χ0) is 55.6. The van der Waals surface area contributed by atoms with E-state index in [9.17, 15) is 9.59 Å². The lowest BCUT2D eigenvalue weighted by atomic mass is 9.97. The zero-order valence-corrected chi connectivity index (χ0v) is 47.4. The molecule has 0 amide bonds. The van der Waals surface area contributed by atoms with Crippen LogP contribution in [0.5, 0.6) is 34.5 Å². The first kappa shape index (κ1) is 58.8. The van der Waals surface area contributed by atoms with E-state index in [4.69, 9.17) is 42.6 Å². The summed E-state index contributed by atoms with van der Waals surface area (Å²) in [4.78, 5) is 31.1. The number of allylic oxidation sites excluding steroid dienone is 3. The molecule has 420 valence electrons. The summed E-state index contributed by atoms with van der Waals surface area (Å²) < 4.78 is 54.3. The van der Waals surface area contributed by atoms with Gasteiger partial charge in [-0.2, -0.15) is 12.6 Å². The van der Waals surface area contributed by atoms with E-state index in [0.717, 1.165) is 85.6 Å². The minimum atomic E-state index is -0.172. The number of thiol groups is 1. The number of carbonyl (C=O) groups excluding carboxylic acids is 2. The van der Waals surface area contributed by atoms with Crippen LogP contribution in [0.25, 0.3) is 0 Å². The van der Waals surface area contributed by atoms with E-state index >= 15 is 0 Å². The van der Waals surface area contributed by atoms with Gasteiger partial charge in [-0.25, -0.2) is 0 Å². The molecule has 78 heavy (non-hydrogen) atoms. The van der Waals surface area contributed by atoms with Gasteiger partial charge in [-0.3, -0.25) is 9.59 Å². The number of ether oxygens (including phenoxy) is 9. The molecule has 4 heterocycles. The zero-order valence-electron chi connectivity index (χ0n) is 46.5. The van der Waals surface area contributed by atoms with Crippen LogP contribution in [-0.2, 0) is 38.0 Å². The van der Waals surface area contributed by atoms with Crippen molar-refractivity contribution in [2.45, 2.75) is 104 Å². The third-order valence-electron chi connectivity index (χ3n) is 13.9. The highest BCUT2D eigenvalue weighted by Gasteiger charge is 2.30. The van der Waals surface area contributed by atoms with Crippen LogP contribution in [0.2, 0.25) is 0 Å². The molecule has 14 nitrogen and oxygen atoms in total. The van der Waals surface area contributed by atoms with Gasteiger partial charge in [0.05, 0.1) is 50.8 Å². The number of benzene rings is 4. The molecular formula is C63H81N3O11S. The maximum Gasteiger partial charge on any atom is 0.306 e. The fraction of sp³-hybridized carbons (Fsp3) is 0.460. The lowest BCUT2D eigenvalue weighted by Gasteiger charge is -2.30. The van der Waals surface area contributed by atoms with Crippen LogP contribution in [0.1, 0.15) is 85.5 Å². The van der Waals surface area contributed by atoms with Gasteiger partial charge in [0.25, 0.3) is 5.95 Å². The summed E-state index contributed by atoms with van der Waals surface area (Å²) >= 11 is 3.53. The standard InChI is InChI=1S/C62H77N3O11.CH4S/c1-9-11-61(66)69-39-43(5)33-63(36-55-20-12-44(6)71-55)49-14-22-52(23-15-49)74-57-30-58(75-53-24-16-50(17-25-53)64(34-47(10-2)28-42(3)4)38-60-41-68-46(8)73-60)32-59(31-57)76-54-26-18-51(19-27-54)65(35-48-29-62(67)70-40-48)37-56-21-13-45(7)72-56;1-2/h14-19,22-27,30-32,43,47-48,55-56,60H,3,6-13,20-21,28-29,33-41H2,1-2,4-5H3;2H,1H3. The predicted molar refractivity (Wildman–Crippen MR) is 311 cm³/mol. The van der Waals surface area contributed by atoms with Crippen molar-refractivity contribution in [1.29, 1.82) is 0 Å². The molecule has 0 bridgehead atoms. The molecule has 6 atom stereocenters. The van der Waals surface area contributed by atoms with Crippen molar-refractivity contribution in [3.05, 3.63) is 140 Å². The second kappa shape index (κ2) is 29.2. The summed E-state index contributed by atoms with van der Waals surface area (Å²) in [5, 5.41) is 0. The van der Waals surface area contributed by atoms with Crippen LogP contribution in [0.4, 0.5) is 17.1 Å². The van der Waals surface area contributed by atoms with Crippen LogP contribution in [-0.4, -0.2) is 95.6 Å². The monoisotopic (exact) mass is 1090 g/mol. The Balaban J connectivity index is 0.00000436. The van der Waals surface area contributed by atoms with Gasteiger partial charge < -0.3 is 57.3 Å². The average molecular weight is 1090 g/mol. The normalized spacial score (nSPS) is 19.2. The van der Waals surface area contributed by atoms with E-state index < -0.39 is 0 Å². The molecular weight excluding hydrogens is 1010 g/mol. The van der Waals surface area contributed by atoms with Gasteiger partial charge in [-0.15, -0.1) is 6.58 Å². The van der Waals surface area contributed by atoms with Crippen molar-refractivity contribution < 1.29 is 52.2 Å². The van der Waals surface area contributed by atoms with Crippen molar-refractivity contribution in [3.8, 4) is 34.5 Å². The fourth-order valence-electron chi connectivity index (χ4n) is 10.1. The number of esters is 2. The van der Waals surface area contributed by atoms with E-state index in [2.05, 4.69) is 86.5 Å². The van der Waals surface area contributed by atoms with Crippen LogP contribution in [0.15, 0.2) is 140 Å². The first-order chi connectivity index (χ1) is 37.7. The maximum absolute atomic E-state index is 12.2. The van der Waals surface area contributed by atoms with Crippen LogP contribution >= 0.6 is 12.6 Å². The van der Waals surface area contributed by atoms with Gasteiger partial charge in [0.15, 0.2) is 6.10 Å². The summed E-state index contributed by atoms with van der Waals surface area (Å²) in [6, 6.07) is 29.6. The molecule has 0 radical (unpaired) electrons. The largest absolute Gasteiger partial charge is 0.494 e. The molecule has 4 aliphatic heterocycles. The summed E-state index contributed by atoms with van der Waals surface area (Å²) in [6.45, 7) is 29.8. The fourth-order valence-corrected chi connectivity index (χ4v) is 10.1. The van der Waals surface area contributed by atoms with Gasteiger partial charge in [-0.1, -0.05) is 45.9 Å². The minimum absolute atomic E-state index is 0.0126. The Morgan fingerprint density at radius 1 is 0.654 bits per heavy atom. The average Bonchev–Trinajstić information content (AvgIpc) is 4.25. The van der Waals surface area contributed by atoms with Crippen molar-refractivity contribution >= 4 is 41.6 Å². The van der Waals surface area contributed by atoms with Gasteiger partial charge in [-0.05, 0) is 124 Å². The highest BCUT2D eigenvalue weighted by molar-refractivity contribution is 7.79. The second-order valence-electron chi connectivity index (χ2n) is 20.9. The molecule has 4 aromatic carbocycles. The van der Waals surface area contributed by atoms with Crippen molar-refractivity contribution in [1.82, 2.24) is 0 Å². The minimum Gasteiger partial charge on any atom is -0.494 e. The molecule has 4 fully saturated rings. The van der Waals surface area contributed by atoms with E-state index in [1.54, 1.807) is 6.26 Å². The van der Waals surface area contributed by atoms with E-state index in [0.29, 0.717) is 112 Å². The molecule has 4 aliphatic rings. The topological polar surface area (TPSA) is 127 Å². The first-order valence-corrected chi connectivity index (χ1v) is 28.4. The highest BCUT2D eigenvalue weighted by atomic mass is 32.1. The van der Waals surface area contributed by atoms with E-state index in [-0.39, 0.29) is 42.1 Å². The van der Waals surface area contributed by atoms with Gasteiger partial charge in [0.1, 0.15) is 53.3 Å². The summed E-state index contributed by atoms with van der Waals surface area (Å²) in [7, 11) is 0. The van der Waals surface area contributed by atoms with Gasteiger partial charge >= 0.3 is 11.9 Å². The second-order valence-corrected chi connectivity index (χ2v) is 20.9. The number of hydrogen-bond donors (Lipinski definition) is 1. The van der Waals surface area contributed by atoms with Crippen LogP contribution in [0.3, 0.4) is 0 Å². The Labute approximate surface area is 468 Å². The summed E-state index contributed by atoms with van der Waals surface area (Å²) in [5.41, 5.74) is 4.18. The first-order valence-electron chi connectivity index (χ1n) is 27.5. The van der Waals surface area contributed by atoms with Crippen LogP contribution in [0, 0.1) is 17.8 Å². The molecule has 0 spiro atoms. The summed E-state index contributed by atoms with van der Waals surface area (Å²) in [5.74, 6) is 5.64. The lowest BCUT2D eigenvalue weighted by Crippen LogP contribution is -2.37. The van der Waals surface area contributed by atoms with Crippen molar-refractivity contribution in [2.24, 2.45) is 17.8 Å². The molecule has 0 saturated carbocycles. The number of nitrogens with zero attached hydrogens (tertiary/aromatic N) is 3. The van der Waals surface area contributed by atoms with Gasteiger partial charge in [0, 0.05) is 86.0 Å². The quantitative estimate of drug-likeness (QED) is 0.0329. The Bertz CT molecular complexity index is 2600. The van der Waals surface area contributed by atoms with Crippen molar-refractivity contribution in [3.63, 3.8) is 0 Å². The summed E-state index contributed by atoms with van der Waals surface area (Å²) in [6.07, 6.45) is 8.57. The lowest BCUT2D eigenvalue weighted by molar-refractivity contribution is -0.144. The number of cyclic esters (lactones) is 1. The molecule has 0 aliphatic carbocycles. The number of anilines is 3. The van der Waals surface area contributed by atoms with Gasteiger partial charge in [0.2, 0.25) is 0 Å². The Kier molecular flexibility index (Phi) is 22.0. The molecule has 0 aromatic heterocycles. The molecule has 15 heteroatoms. The maximum atomic E-state index is 12.2. The third-order valence-corrected chi connectivity index (χ3v) is 13.9.